The van der Waals surface area contributed by atoms with Crippen molar-refractivity contribution in [3.8, 4) is 0 Å². The fourth-order valence-corrected chi connectivity index (χ4v) is 3.93. The van der Waals surface area contributed by atoms with E-state index in [4.69, 9.17) is 4.98 Å². The molecule has 5 nitrogen and oxygen atoms in total. The Balaban J connectivity index is 0.00000176. The first kappa shape index (κ1) is 17.7. The first-order chi connectivity index (χ1) is 10.1. The molecule has 1 N–H and O–H groups in total. The lowest BCUT2D eigenvalue weighted by Crippen LogP contribution is -2.44. The number of imidazole rings is 1. The van der Waals surface area contributed by atoms with E-state index in [-0.39, 0.29) is 12.4 Å². The van der Waals surface area contributed by atoms with Crippen LogP contribution in [0.5, 0.6) is 0 Å². The van der Waals surface area contributed by atoms with E-state index in [1.54, 1.807) is 11.3 Å². The van der Waals surface area contributed by atoms with Crippen molar-refractivity contribution in [2.75, 3.05) is 20.1 Å². The minimum atomic E-state index is 0. The summed E-state index contributed by atoms with van der Waals surface area (Å²) >= 11 is 1.68. The Kier molecular flexibility index (Phi) is 5.82. The third kappa shape index (κ3) is 3.45. The van der Waals surface area contributed by atoms with Gasteiger partial charge in [-0.1, -0.05) is 25.2 Å². The van der Waals surface area contributed by atoms with Crippen LogP contribution in [0.15, 0.2) is 0 Å². The molecule has 0 saturated carbocycles. The lowest BCUT2D eigenvalue weighted by molar-refractivity contribution is 0.184. The normalized spacial score (nSPS) is 19.8. The van der Waals surface area contributed by atoms with E-state index in [2.05, 4.69) is 47.6 Å². The van der Waals surface area contributed by atoms with Crippen molar-refractivity contribution in [1.82, 2.24) is 24.8 Å². The third-order valence-electron chi connectivity index (χ3n) is 4.26. The fourth-order valence-electron chi connectivity index (χ4n) is 3.16. The number of aromatic nitrogens is 3. The highest BCUT2D eigenvalue weighted by molar-refractivity contribution is 7.16. The number of likely N-dealkylation sites (tertiary alicyclic amines) is 1. The maximum Gasteiger partial charge on any atom is 0.212 e. The van der Waals surface area contributed by atoms with Crippen LogP contribution in [0.2, 0.25) is 0 Å². The highest BCUT2D eigenvalue weighted by Gasteiger charge is 2.23. The maximum atomic E-state index is 4.81. The van der Waals surface area contributed by atoms with Crippen LogP contribution in [0.4, 0.5) is 0 Å². The van der Waals surface area contributed by atoms with E-state index in [0.29, 0.717) is 12.0 Å². The van der Waals surface area contributed by atoms with Gasteiger partial charge in [-0.15, -0.1) is 12.4 Å². The van der Waals surface area contributed by atoms with Crippen LogP contribution >= 0.6 is 23.7 Å². The number of aryl methyl sites for hydroxylation is 1. The molecule has 0 spiro atoms. The molecule has 1 atom stereocenters. The molecular formula is C15H26ClN5S. The van der Waals surface area contributed by atoms with Crippen LogP contribution in [0.3, 0.4) is 0 Å². The van der Waals surface area contributed by atoms with Gasteiger partial charge in [-0.25, -0.2) is 9.50 Å². The van der Waals surface area contributed by atoms with Gasteiger partial charge in [-0.2, -0.15) is 5.10 Å². The van der Waals surface area contributed by atoms with Gasteiger partial charge in [0.2, 0.25) is 4.96 Å². The van der Waals surface area contributed by atoms with Crippen molar-refractivity contribution < 1.29 is 0 Å². The Morgan fingerprint density at radius 3 is 2.86 bits per heavy atom. The van der Waals surface area contributed by atoms with E-state index in [1.807, 2.05) is 0 Å². The molecule has 1 fully saturated rings. The summed E-state index contributed by atoms with van der Waals surface area (Å²) in [7, 11) is 2.06. The molecule has 3 heterocycles. The molecule has 1 saturated heterocycles. The van der Waals surface area contributed by atoms with Gasteiger partial charge in [0.25, 0.3) is 0 Å². The molecule has 0 aromatic carbocycles. The Hall–Kier alpha value is -0.690. The number of hydrogen-bond donors (Lipinski definition) is 1. The molecule has 7 heteroatoms. The first-order valence-corrected chi connectivity index (χ1v) is 8.64. The number of halogens is 1. The van der Waals surface area contributed by atoms with Crippen LogP contribution < -0.4 is 5.32 Å². The molecule has 2 aromatic rings. The quantitative estimate of drug-likeness (QED) is 0.927. The topological polar surface area (TPSA) is 45.5 Å². The Morgan fingerprint density at radius 2 is 2.18 bits per heavy atom. The van der Waals surface area contributed by atoms with Gasteiger partial charge in [0.15, 0.2) is 0 Å². The first-order valence-electron chi connectivity index (χ1n) is 7.83. The van der Waals surface area contributed by atoms with E-state index >= 15 is 0 Å². The van der Waals surface area contributed by atoms with E-state index < -0.39 is 0 Å². The summed E-state index contributed by atoms with van der Waals surface area (Å²) in [4.78, 5) is 8.39. The SMILES string of the molecule is CNC1CCCN(Cc2c(C(C)C)nc3sc(C)nn23)C1.Cl. The van der Waals surface area contributed by atoms with Crippen molar-refractivity contribution in [3.63, 3.8) is 0 Å². The van der Waals surface area contributed by atoms with Gasteiger partial charge >= 0.3 is 0 Å². The minimum absolute atomic E-state index is 0. The number of piperidine rings is 1. The molecule has 0 amide bonds. The summed E-state index contributed by atoms with van der Waals surface area (Å²) in [5, 5.41) is 9.15. The van der Waals surface area contributed by atoms with Crippen molar-refractivity contribution in [2.45, 2.75) is 52.1 Å². The Bertz CT molecular complexity index is 621. The van der Waals surface area contributed by atoms with Gasteiger partial charge in [-0.3, -0.25) is 4.90 Å². The van der Waals surface area contributed by atoms with Crippen molar-refractivity contribution >= 4 is 28.7 Å². The molecule has 3 rings (SSSR count). The van der Waals surface area contributed by atoms with Crippen molar-refractivity contribution in [3.05, 3.63) is 16.4 Å². The zero-order valence-electron chi connectivity index (χ0n) is 13.8. The molecule has 22 heavy (non-hydrogen) atoms. The molecule has 1 unspecified atom stereocenters. The number of rotatable bonds is 4. The lowest BCUT2D eigenvalue weighted by atomic mass is 10.0. The summed E-state index contributed by atoms with van der Waals surface area (Å²) in [6.45, 7) is 9.73. The molecule has 1 aliphatic rings. The van der Waals surface area contributed by atoms with Crippen LogP contribution in [0.25, 0.3) is 4.96 Å². The molecule has 0 bridgehead atoms. The second-order valence-corrected chi connectivity index (χ2v) is 7.44. The predicted molar refractivity (Wildman–Crippen MR) is 94.3 cm³/mol. The number of likely N-dealkylation sites (N-methyl/N-ethyl adjacent to an activating group) is 1. The zero-order valence-corrected chi connectivity index (χ0v) is 15.4. The van der Waals surface area contributed by atoms with E-state index in [9.17, 15) is 0 Å². The van der Waals surface area contributed by atoms with E-state index in [0.717, 1.165) is 23.1 Å². The molecule has 2 aromatic heterocycles. The van der Waals surface area contributed by atoms with Gasteiger partial charge in [0.1, 0.15) is 5.01 Å². The van der Waals surface area contributed by atoms with Gasteiger partial charge in [0, 0.05) is 19.1 Å². The molecule has 0 radical (unpaired) electrons. The van der Waals surface area contributed by atoms with Gasteiger partial charge in [0.05, 0.1) is 11.4 Å². The molecular weight excluding hydrogens is 318 g/mol. The second-order valence-electron chi connectivity index (χ2n) is 6.28. The lowest BCUT2D eigenvalue weighted by Gasteiger charge is -2.32. The Labute approximate surface area is 142 Å². The number of hydrogen-bond acceptors (Lipinski definition) is 5. The standard InChI is InChI=1S/C15H25N5S.ClH/c1-10(2)14-13(20-15(17-14)21-11(3)18-20)9-19-7-5-6-12(8-19)16-4;/h10,12,16H,5-9H2,1-4H3;1H. The molecule has 0 aliphatic carbocycles. The minimum Gasteiger partial charge on any atom is -0.316 e. The summed E-state index contributed by atoms with van der Waals surface area (Å²) in [5.41, 5.74) is 2.49. The molecule has 124 valence electrons. The monoisotopic (exact) mass is 343 g/mol. The summed E-state index contributed by atoms with van der Waals surface area (Å²) < 4.78 is 2.07. The van der Waals surface area contributed by atoms with Crippen molar-refractivity contribution in [1.29, 1.82) is 0 Å². The third-order valence-corrected chi connectivity index (χ3v) is 5.09. The largest absolute Gasteiger partial charge is 0.316 e. The van der Waals surface area contributed by atoms with E-state index in [1.165, 1.54) is 30.8 Å². The average Bonchev–Trinajstić information content (AvgIpc) is 2.97. The summed E-state index contributed by atoms with van der Waals surface area (Å²) in [6, 6.07) is 0.613. The predicted octanol–water partition coefficient (Wildman–Crippen LogP) is 2.83. The van der Waals surface area contributed by atoms with Crippen LogP contribution in [-0.4, -0.2) is 45.7 Å². The van der Waals surface area contributed by atoms with Gasteiger partial charge in [-0.05, 0) is 39.3 Å². The van der Waals surface area contributed by atoms with Crippen LogP contribution in [-0.2, 0) is 6.54 Å². The summed E-state index contributed by atoms with van der Waals surface area (Å²) in [6.07, 6.45) is 2.54. The van der Waals surface area contributed by atoms with Gasteiger partial charge < -0.3 is 5.32 Å². The van der Waals surface area contributed by atoms with Crippen LogP contribution in [0, 0.1) is 6.92 Å². The molecule has 1 aliphatic heterocycles. The number of nitrogens with zero attached hydrogens (tertiary/aromatic N) is 4. The zero-order chi connectivity index (χ0) is 15.0. The Morgan fingerprint density at radius 1 is 1.41 bits per heavy atom. The second kappa shape index (κ2) is 7.25. The van der Waals surface area contributed by atoms with Crippen LogP contribution in [0.1, 0.15) is 49.0 Å². The number of nitrogens with one attached hydrogen (secondary N) is 1. The highest BCUT2D eigenvalue weighted by atomic mass is 35.5. The number of fused-ring (bicyclic) bond motifs is 1. The fraction of sp³-hybridized carbons (Fsp3) is 0.733. The maximum absolute atomic E-state index is 4.81. The average molecular weight is 344 g/mol. The highest BCUT2D eigenvalue weighted by Crippen LogP contribution is 2.25. The summed E-state index contributed by atoms with van der Waals surface area (Å²) in [5.74, 6) is 0.444. The van der Waals surface area contributed by atoms with Crippen molar-refractivity contribution in [2.24, 2.45) is 0 Å². The smallest absolute Gasteiger partial charge is 0.212 e.